The van der Waals surface area contributed by atoms with Gasteiger partial charge in [0.05, 0.1) is 4.90 Å². The number of rotatable bonds is 1. The van der Waals surface area contributed by atoms with E-state index in [4.69, 9.17) is 4.55 Å². The van der Waals surface area contributed by atoms with Gasteiger partial charge in [-0.3, -0.25) is 4.55 Å². The van der Waals surface area contributed by atoms with Crippen LogP contribution in [-0.4, -0.2) is 13.0 Å². The molecule has 0 aromatic heterocycles. The number of aryl methyl sites for hydroxylation is 2. The van der Waals surface area contributed by atoms with Crippen LogP contribution in [0.4, 0.5) is 0 Å². The molecular weight excluding hydrogens is 248 g/mol. The molecule has 2 aromatic rings. The molecule has 0 fully saturated rings. The Morgan fingerprint density at radius 2 is 1.11 bits per heavy atom. The van der Waals surface area contributed by atoms with Gasteiger partial charge in [-0.15, -0.1) is 0 Å². The first-order chi connectivity index (χ1) is 8.43. The minimum atomic E-state index is -4.06. The standard InChI is InChI=1S/C8H10O3S.C6H6/c1-6-4-3-5-7(2)8(6)12(9,10)11;1-2-4-6-5-3-1/h3-5H,1-2H3,(H,9,10,11);1-6H. The van der Waals surface area contributed by atoms with Crippen molar-refractivity contribution in [3.63, 3.8) is 0 Å². The Balaban J connectivity index is 0.000000225. The van der Waals surface area contributed by atoms with Crippen LogP contribution in [0, 0.1) is 13.8 Å². The van der Waals surface area contributed by atoms with Gasteiger partial charge < -0.3 is 0 Å². The van der Waals surface area contributed by atoms with E-state index in [2.05, 4.69) is 0 Å². The van der Waals surface area contributed by atoms with Crippen molar-refractivity contribution in [2.75, 3.05) is 0 Å². The van der Waals surface area contributed by atoms with Gasteiger partial charge in [0.15, 0.2) is 0 Å². The van der Waals surface area contributed by atoms with Crippen LogP contribution in [0.1, 0.15) is 11.1 Å². The van der Waals surface area contributed by atoms with Crippen LogP contribution < -0.4 is 0 Å². The highest BCUT2D eigenvalue weighted by atomic mass is 32.2. The summed E-state index contributed by atoms with van der Waals surface area (Å²) in [6, 6.07) is 17.0. The lowest BCUT2D eigenvalue weighted by Crippen LogP contribution is -2.03. The van der Waals surface area contributed by atoms with E-state index in [1.54, 1.807) is 32.0 Å². The van der Waals surface area contributed by atoms with Gasteiger partial charge in [0, 0.05) is 0 Å². The van der Waals surface area contributed by atoms with Crippen molar-refractivity contribution < 1.29 is 13.0 Å². The van der Waals surface area contributed by atoms with E-state index in [9.17, 15) is 8.42 Å². The highest BCUT2D eigenvalue weighted by molar-refractivity contribution is 7.86. The molecule has 2 rings (SSSR count). The molecule has 3 nitrogen and oxygen atoms in total. The molecule has 0 saturated heterocycles. The van der Waals surface area contributed by atoms with Crippen LogP contribution in [-0.2, 0) is 10.1 Å². The fourth-order valence-electron chi connectivity index (χ4n) is 1.59. The Kier molecular flexibility index (Phi) is 5.07. The molecule has 0 bridgehead atoms. The predicted molar refractivity (Wildman–Crippen MR) is 72.2 cm³/mol. The third-order valence-electron chi connectivity index (χ3n) is 2.33. The lowest BCUT2D eigenvalue weighted by Gasteiger charge is -2.04. The number of hydrogen-bond donors (Lipinski definition) is 1. The Labute approximate surface area is 108 Å². The molecule has 0 spiro atoms. The first-order valence-electron chi connectivity index (χ1n) is 5.46. The summed E-state index contributed by atoms with van der Waals surface area (Å²) in [5.74, 6) is 0. The maximum absolute atomic E-state index is 10.8. The van der Waals surface area contributed by atoms with Crippen LogP contribution in [0.15, 0.2) is 59.5 Å². The van der Waals surface area contributed by atoms with Gasteiger partial charge in [-0.1, -0.05) is 54.6 Å². The van der Waals surface area contributed by atoms with Crippen molar-refractivity contribution in [1.29, 1.82) is 0 Å². The molecule has 0 heterocycles. The minimum Gasteiger partial charge on any atom is -0.282 e. The zero-order chi connectivity index (χ0) is 13.6. The van der Waals surface area contributed by atoms with E-state index >= 15 is 0 Å². The summed E-state index contributed by atoms with van der Waals surface area (Å²) in [5, 5.41) is 0. The molecule has 18 heavy (non-hydrogen) atoms. The molecule has 0 aliphatic heterocycles. The van der Waals surface area contributed by atoms with Crippen molar-refractivity contribution in [3.05, 3.63) is 65.7 Å². The molecule has 0 radical (unpaired) electrons. The summed E-state index contributed by atoms with van der Waals surface area (Å²) in [4.78, 5) is 0.0185. The molecule has 0 aliphatic rings. The third kappa shape index (κ3) is 4.31. The molecule has 0 amide bonds. The highest BCUT2D eigenvalue weighted by Gasteiger charge is 2.14. The first-order valence-corrected chi connectivity index (χ1v) is 6.90. The zero-order valence-electron chi connectivity index (χ0n) is 10.4. The lowest BCUT2D eigenvalue weighted by molar-refractivity contribution is 0.482. The van der Waals surface area contributed by atoms with E-state index in [-0.39, 0.29) is 4.90 Å². The van der Waals surface area contributed by atoms with E-state index in [1.165, 1.54) is 0 Å². The van der Waals surface area contributed by atoms with E-state index in [1.807, 2.05) is 36.4 Å². The van der Waals surface area contributed by atoms with Gasteiger partial charge in [0.25, 0.3) is 10.1 Å². The topological polar surface area (TPSA) is 54.4 Å². The van der Waals surface area contributed by atoms with Gasteiger partial charge in [0.1, 0.15) is 0 Å². The molecule has 0 atom stereocenters. The third-order valence-corrected chi connectivity index (χ3v) is 3.49. The van der Waals surface area contributed by atoms with Gasteiger partial charge in [-0.25, -0.2) is 0 Å². The van der Waals surface area contributed by atoms with Crippen LogP contribution in [0.25, 0.3) is 0 Å². The largest absolute Gasteiger partial charge is 0.295 e. The Bertz CT molecular complexity index is 543. The van der Waals surface area contributed by atoms with Crippen LogP contribution in [0.2, 0.25) is 0 Å². The fraction of sp³-hybridized carbons (Fsp3) is 0.143. The molecule has 4 heteroatoms. The Morgan fingerprint density at radius 3 is 1.33 bits per heavy atom. The summed E-state index contributed by atoms with van der Waals surface area (Å²) >= 11 is 0. The first kappa shape index (κ1) is 14.4. The average Bonchev–Trinajstić information content (AvgIpc) is 2.30. The van der Waals surface area contributed by atoms with Crippen molar-refractivity contribution in [2.45, 2.75) is 18.7 Å². The van der Waals surface area contributed by atoms with Crippen molar-refractivity contribution in [1.82, 2.24) is 0 Å². The smallest absolute Gasteiger partial charge is 0.282 e. The molecule has 2 aromatic carbocycles. The Morgan fingerprint density at radius 1 is 0.778 bits per heavy atom. The lowest BCUT2D eigenvalue weighted by atomic mass is 10.2. The summed E-state index contributed by atoms with van der Waals surface area (Å²) in [6.45, 7) is 3.30. The zero-order valence-corrected chi connectivity index (χ0v) is 11.2. The SMILES string of the molecule is Cc1cccc(C)c1S(=O)(=O)O.c1ccccc1. The molecule has 0 saturated carbocycles. The van der Waals surface area contributed by atoms with Gasteiger partial charge in [-0.05, 0) is 25.0 Å². The van der Waals surface area contributed by atoms with Gasteiger partial charge >= 0.3 is 0 Å². The summed E-state index contributed by atoms with van der Waals surface area (Å²) in [5.41, 5.74) is 1.13. The summed E-state index contributed by atoms with van der Waals surface area (Å²) < 4.78 is 30.5. The van der Waals surface area contributed by atoms with E-state index < -0.39 is 10.1 Å². The van der Waals surface area contributed by atoms with Crippen molar-refractivity contribution >= 4 is 10.1 Å². The van der Waals surface area contributed by atoms with Crippen molar-refractivity contribution in [3.8, 4) is 0 Å². The Hall–Kier alpha value is -1.65. The molecule has 1 N–H and O–H groups in total. The summed E-state index contributed by atoms with van der Waals surface area (Å²) in [7, 11) is -4.06. The maximum Gasteiger partial charge on any atom is 0.295 e. The van der Waals surface area contributed by atoms with Crippen LogP contribution >= 0.6 is 0 Å². The number of benzene rings is 2. The molecule has 96 valence electrons. The van der Waals surface area contributed by atoms with Gasteiger partial charge in [0.2, 0.25) is 0 Å². The fourth-order valence-corrected chi connectivity index (χ4v) is 2.54. The van der Waals surface area contributed by atoms with E-state index in [0.29, 0.717) is 11.1 Å². The van der Waals surface area contributed by atoms with E-state index in [0.717, 1.165) is 0 Å². The predicted octanol–water partition coefficient (Wildman–Crippen LogP) is 3.24. The van der Waals surface area contributed by atoms with Gasteiger partial charge in [-0.2, -0.15) is 8.42 Å². The van der Waals surface area contributed by atoms with Crippen molar-refractivity contribution in [2.24, 2.45) is 0 Å². The second-order valence-electron chi connectivity index (χ2n) is 3.85. The van der Waals surface area contributed by atoms with Crippen LogP contribution in [0.5, 0.6) is 0 Å². The normalized spacial score (nSPS) is 10.4. The quantitative estimate of drug-likeness (QED) is 0.804. The monoisotopic (exact) mass is 264 g/mol. The minimum absolute atomic E-state index is 0.0185. The molecule has 0 unspecified atom stereocenters. The second kappa shape index (κ2) is 6.33. The highest BCUT2D eigenvalue weighted by Crippen LogP contribution is 2.18. The van der Waals surface area contributed by atoms with Crippen LogP contribution in [0.3, 0.4) is 0 Å². The average molecular weight is 264 g/mol. The summed E-state index contributed by atoms with van der Waals surface area (Å²) in [6.07, 6.45) is 0. The number of hydrogen-bond acceptors (Lipinski definition) is 2. The molecular formula is C14H16O3S. The maximum atomic E-state index is 10.8. The second-order valence-corrected chi connectivity index (χ2v) is 5.21. The molecule has 0 aliphatic carbocycles.